The molecule has 0 aliphatic carbocycles. The van der Waals surface area contributed by atoms with Crippen molar-refractivity contribution in [2.75, 3.05) is 12.4 Å². The van der Waals surface area contributed by atoms with Crippen molar-refractivity contribution in [2.45, 2.75) is 6.82 Å². The maximum absolute atomic E-state index is 12.3. The SMILES string of the molecule is [B]c1cc(/C=C2\C(=O)Nc3ccc(C(=O)OC)cc32)cc([B]C)c1O. The molecule has 1 aliphatic heterocycles. The Morgan fingerprint density at radius 3 is 2.76 bits per heavy atom. The predicted molar refractivity (Wildman–Crippen MR) is 99.0 cm³/mol. The summed E-state index contributed by atoms with van der Waals surface area (Å²) >= 11 is 0. The Morgan fingerprint density at radius 1 is 1.32 bits per heavy atom. The summed E-state index contributed by atoms with van der Waals surface area (Å²) in [6, 6.07) is 8.19. The highest BCUT2D eigenvalue weighted by atomic mass is 16.5. The number of anilines is 1. The van der Waals surface area contributed by atoms with Crippen molar-refractivity contribution in [3.8, 4) is 5.75 Å². The van der Waals surface area contributed by atoms with E-state index in [0.717, 1.165) is 0 Å². The number of benzene rings is 2. The number of methoxy groups -OCH3 is 1. The van der Waals surface area contributed by atoms with Gasteiger partial charge in [-0.2, -0.15) is 0 Å². The van der Waals surface area contributed by atoms with Crippen molar-refractivity contribution < 1.29 is 19.4 Å². The Hall–Kier alpha value is -2.95. The van der Waals surface area contributed by atoms with Crippen LogP contribution >= 0.6 is 0 Å². The third-order valence-corrected chi connectivity index (χ3v) is 4.04. The van der Waals surface area contributed by atoms with Gasteiger partial charge in [-0.3, -0.25) is 4.79 Å². The maximum Gasteiger partial charge on any atom is 0.337 e. The molecule has 1 amide bonds. The second-order valence-corrected chi connectivity index (χ2v) is 5.60. The highest BCUT2D eigenvalue weighted by Crippen LogP contribution is 2.34. The molecule has 25 heavy (non-hydrogen) atoms. The Labute approximate surface area is 147 Å². The van der Waals surface area contributed by atoms with Gasteiger partial charge in [0.2, 0.25) is 0 Å². The van der Waals surface area contributed by atoms with Crippen LogP contribution in [-0.4, -0.2) is 39.2 Å². The second kappa shape index (κ2) is 6.51. The summed E-state index contributed by atoms with van der Waals surface area (Å²) in [5.74, 6) is -0.738. The minimum Gasteiger partial charge on any atom is -0.509 e. The van der Waals surface area contributed by atoms with Gasteiger partial charge >= 0.3 is 5.97 Å². The number of nitrogens with one attached hydrogen (secondary N) is 1. The number of esters is 1. The van der Waals surface area contributed by atoms with E-state index in [1.165, 1.54) is 7.11 Å². The molecule has 2 aromatic rings. The zero-order valence-corrected chi connectivity index (χ0v) is 13.8. The van der Waals surface area contributed by atoms with Gasteiger partial charge in [-0.25, -0.2) is 4.79 Å². The first kappa shape index (κ1) is 16.9. The molecule has 3 radical (unpaired) electrons. The lowest BCUT2D eigenvalue weighted by atomic mass is 9.70. The average molecular weight is 330 g/mol. The fourth-order valence-electron chi connectivity index (χ4n) is 2.75. The van der Waals surface area contributed by atoms with Crippen LogP contribution in [0.1, 0.15) is 21.5 Å². The van der Waals surface area contributed by atoms with E-state index in [9.17, 15) is 14.7 Å². The smallest absolute Gasteiger partial charge is 0.337 e. The number of hydrogen-bond acceptors (Lipinski definition) is 4. The van der Waals surface area contributed by atoms with Crippen LogP contribution in [0.25, 0.3) is 11.6 Å². The van der Waals surface area contributed by atoms with Gasteiger partial charge in [0.05, 0.1) is 12.7 Å². The Bertz CT molecular complexity index is 922. The van der Waals surface area contributed by atoms with Gasteiger partial charge in [-0.1, -0.05) is 24.4 Å². The van der Waals surface area contributed by atoms with E-state index in [-0.39, 0.29) is 17.1 Å². The molecule has 1 heterocycles. The molecule has 1 aliphatic rings. The lowest BCUT2D eigenvalue weighted by Gasteiger charge is -2.08. The van der Waals surface area contributed by atoms with Crippen LogP contribution in [0.4, 0.5) is 5.69 Å². The van der Waals surface area contributed by atoms with Gasteiger partial charge < -0.3 is 15.2 Å². The number of carbonyl (C=O) groups excluding carboxylic acids is 2. The summed E-state index contributed by atoms with van der Waals surface area (Å²) in [5.41, 5.74) is 3.48. The number of rotatable bonds is 3. The van der Waals surface area contributed by atoms with E-state index in [2.05, 4.69) is 5.32 Å². The summed E-state index contributed by atoms with van der Waals surface area (Å²) in [6.07, 6.45) is 1.67. The monoisotopic (exact) mass is 330 g/mol. The molecule has 2 N–H and O–H groups in total. The number of phenols is 1. The largest absolute Gasteiger partial charge is 0.509 e. The molecule has 5 nitrogen and oxygen atoms in total. The van der Waals surface area contributed by atoms with Crippen LogP contribution in [0.15, 0.2) is 30.3 Å². The van der Waals surface area contributed by atoms with Gasteiger partial charge in [-0.15, -0.1) is 0 Å². The Balaban J connectivity index is 2.10. The highest BCUT2D eigenvalue weighted by molar-refractivity contribution is 6.55. The zero-order chi connectivity index (χ0) is 18.1. The number of amides is 1. The van der Waals surface area contributed by atoms with Gasteiger partial charge in [0.1, 0.15) is 13.6 Å². The molecule has 121 valence electrons. The van der Waals surface area contributed by atoms with Crippen molar-refractivity contribution >= 4 is 55.3 Å². The summed E-state index contributed by atoms with van der Waals surface area (Å²) in [7, 11) is 8.85. The lowest BCUT2D eigenvalue weighted by molar-refractivity contribution is -0.110. The van der Waals surface area contributed by atoms with Crippen LogP contribution in [0.3, 0.4) is 0 Å². The van der Waals surface area contributed by atoms with Crippen LogP contribution < -0.4 is 16.2 Å². The standard InChI is InChI=1S/C18H14B2NO4/c1-20-14-7-9(6-13(19)16(14)22)5-12-11-8-10(18(24)25-2)3-4-15(11)21-17(12)23/h3-8,22H,1-2H3,(H,21,23)/b12-5-. The van der Waals surface area contributed by atoms with E-state index >= 15 is 0 Å². The van der Waals surface area contributed by atoms with Crippen LogP contribution in [0.2, 0.25) is 6.82 Å². The van der Waals surface area contributed by atoms with Gasteiger partial charge in [0, 0.05) is 16.8 Å². The maximum atomic E-state index is 12.3. The van der Waals surface area contributed by atoms with Crippen molar-refractivity contribution in [1.82, 2.24) is 0 Å². The molecule has 0 fully saturated rings. The van der Waals surface area contributed by atoms with Gasteiger partial charge in [-0.05, 0) is 35.3 Å². The number of carbonyl (C=O) groups is 2. The quantitative estimate of drug-likeness (QED) is 0.497. The summed E-state index contributed by atoms with van der Waals surface area (Å²) in [6.45, 7) is 1.78. The number of fused-ring (bicyclic) bond motifs is 1. The molecule has 7 heteroatoms. The average Bonchev–Trinajstić information content (AvgIpc) is 2.92. The zero-order valence-electron chi connectivity index (χ0n) is 13.8. The minimum absolute atomic E-state index is 0.00824. The van der Waals surface area contributed by atoms with Crippen molar-refractivity contribution in [3.05, 3.63) is 47.0 Å². The number of phenolic OH excluding ortho intramolecular Hbond substituents is 1. The fourth-order valence-corrected chi connectivity index (χ4v) is 2.75. The molecular weight excluding hydrogens is 316 g/mol. The van der Waals surface area contributed by atoms with E-state index in [0.29, 0.717) is 33.4 Å². The third-order valence-electron chi connectivity index (χ3n) is 4.04. The molecule has 0 spiro atoms. The first-order valence-electron chi connectivity index (χ1n) is 7.62. The van der Waals surface area contributed by atoms with Gasteiger partial charge in [0.15, 0.2) is 7.28 Å². The number of hydrogen-bond donors (Lipinski definition) is 2. The summed E-state index contributed by atoms with van der Waals surface area (Å²) < 4.78 is 4.72. The van der Waals surface area contributed by atoms with Crippen LogP contribution in [0, 0.1) is 0 Å². The molecular formula is C18H14B2NO4. The molecule has 0 unspecified atom stereocenters. The molecule has 0 saturated heterocycles. The van der Waals surface area contributed by atoms with E-state index < -0.39 is 5.97 Å². The molecule has 0 bridgehead atoms. The number of ether oxygens (including phenoxy) is 1. The lowest BCUT2D eigenvalue weighted by Crippen LogP contribution is -2.20. The normalized spacial score (nSPS) is 14.2. The Morgan fingerprint density at radius 2 is 2.08 bits per heavy atom. The van der Waals surface area contributed by atoms with Crippen molar-refractivity contribution in [2.24, 2.45) is 0 Å². The first-order chi connectivity index (χ1) is 11.9. The summed E-state index contributed by atoms with van der Waals surface area (Å²) in [4.78, 5) is 24.0. The molecule has 2 aromatic carbocycles. The number of aromatic hydroxyl groups is 1. The van der Waals surface area contributed by atoms with E-state index in [1.807, 2.05) is 0 Å². The molecule has 0 aromatic heterocycles. The van der Waals surface area contributed by atoms with E-state index in [1.54, 1.807) is 50.5 Å². The van der Waals surface area contributed by atoms with Crippen LogP contribution in [-0.2, 0) is 9.53 Å². The minimum atomic E-state index is -0.474. The van der Waals surface area contributed by atoms with Crippen molar-refractivity contribution in [1.29, 1.82) is 0 Å². The van der Waals surface area contributed by atoms with Crippen molar-refractivity contribution in [3.63, 3.8) is 0 Å². The molecule has 3 rings (SSSR count). The predicted octanol–water partition coefficient (Wildman–Crippen LogP) is 0.843. The fraction of sp³-hybridized carbons (Fsp3) is 0.111. The second-order valence-electron chi connectivity index (χ2n) is 5.60. The molecule has 0 saturated carbocycles. The first-order valence-corrected chi connectivity index (χ1v) is 7.62. The topological polar surface area (TPSA) is 75.6 Å². The summed E-state index contributed by atoms with van der Waals surface area (Å²) in [5, 5.41) is 12.7. The Kier molecular flexibility index (Phi) is 4.40. The van der Waals surface area contributed by atoms with Crippen LogP contribution in [0.5, 0.6) is 5.75 Å². The third kappa shape index (κ3) is 3.05. The highest BCUT2D eigenvalue weighted by Gasteiger charge is 2.25. The van der Waals surface area contributed by atoms with Gasteiger partial charge in [0.25, 0.3) is 5.91 Å². The van der Waals surface area contributed by atoms with E-state index in [4.69, 9.17) is 12.6 Å². The molecule has 0 atom stereocenters.